The van der Waals surface area contributed by atoms with E-state index in [1.54, 1.807) is 12.1 Å². The first-order valence-electron chi connectivity index (χ1n) is 7.63. The molecule has 0 aliphatic heterocycles. The zero-order chi connectivity index (χ0) is 16.3. The van der Waals surface area contributed by atoms with Crippen LogP contribution >= 0.6 is 0 Å². The van der Waals surface area contributed by atoms with Crippen molar-refractivity contribution in [1.82, 2.24) is 0 Å². The van der Waals surface area contributed by atoms with Gasteiger partial charge in [-0.1, -0.05) is 34.1 Å². The van der Waals surface area contributed by atoms with E-state index in [1.807, 2.05) is 6.07 Å². The molecule has 3 nitrogen and oxygen atoms in total. The molecule has 0 aromatic heterocycles. The van der Waals surface area contributed by atoms with E-state index < -0.39 is 14.3 Å². The van der Waals surface area contributed by atoms with Gasteiger partial charge in [-0.15, -0.1) is 0 Å². The average molecular weight is 308 g/mol. The summed E-state index contributed by atoms with van der Waals surface area (Å²) in [6.45, 7) is 13.1. The number of aromatic carboxylic acids is 1. The fraction of sp³-hybridized carbons (Fsp3) is 0.588. The minimum Gasteiger partial charge on any atom is -0.543 e. The van der Waals surface area contributed by atoms with Crippen molar-refractivity contribution in [3.63, 3.8) is 0 Å². The molecule has 0 aliphatic rings. The van der Waals surface area contributed by atoms with Crippen LogP contribution in [0.15, 0.2) is 18.2 Å². The van der Waals surface area contributed by atoms with Crippen molar-refractivity contribution in [2.45, 2.75) is 65.1 Å². The third-order valence-corrected chi connectivity index (χ3v) is 8.64. The van der Waals surface area contributed by atoms with Gasteiger partial charge in [-0.2, -0.15) is 0 Å². The third-order valence-electron chi connectivity index (χ3n) is 4.29. The third kappa shape index (κ3) is 4.60. The normalized spacial score (nSPS) is 12.3. The monoisotopic (exact) mass is 308 g/mol. The van der Waals surface area contributed by atoms with Gasteiger partial charge in [0, 0.05) is 0 Å². The quantitative estimate of drug-likeness (QED) is 0.743. The first-order valence-corrected chi connectivity index (χ1v) is 10.5. The molecule has 1 aromatic carbocycles. The summed E-state index contributed by atoms with van der Waals surface area (Å²) in [6, 6.07) is 5.38. The van der Waals surface area contributed by atoms with Crippen LogP contribution in [-0.2, 0) is 6.42 Å². The minimum atomic E-state index is -1.89. The lowest BCUT2D eigenvalue weighted by molar-refractivity contribution is 0.0695. The summed E-state index contributed by atoms with van der Waals surface area (Å²) >= 11 is 0. The van der Waals surface area contributed by atoms with Crippen LogP contribution in [0.3, 0.4) is 0 Å². The predicted octanol–water partition coefficient (Wildman–Crippen LogP) is 5.11. The molecule has 0 radical (unpaired) electrons. The number of unbranched alkanes of at least 4 members (excludes halogenated alkanes) is 1. The molecule has 0 amide bonds. The molecule has 0 bridgehead atoms. The van der Waals surface area contributed by atoms with Gasteiger partial charge in [0.1, 0.15) is 5.75 Å². The van der Waals surface area contributed by atoms with Crippen LogP contribution in [0.5, 0.6) is 5.75 Å². The maximum Gasteiger partial charge on any atom is 0.335 e. The van der Waals surface area contributed by atoms with E-state index in [0.29, 0.717) is 5.56 Å². The van der Waals surface area contributed by atoms with Crippen LogP contribution in [0.4, 0.5) is 0 Å². The van der Waals surface area contributed by atoms with Gasteiger partial charge in [-0.25, -0.2) is 4.79 Å². The molecule has 1 aromatic rings. The fourth-order valence-corrected chi connectivity index (χ4v) is 2.89. The van der Waals surface area contributed by atoms with Crippen molar-refractivity contribution in [2.75, 3.05) is 0 Å². The summed E-state index contributed by atoms with van der Waals surface area (Å²) in [5.41, 5.74) is 1.27. The Bertz CT molecular complexity index is 501. The highest BCUT2D eigenvalue weighted by Crippen LogP contribution is 2.37. The number of carboxylic acid groups (broad SMARTS) is 1. The second kappa shape index (κ2) is 6.65. The predicted molar refractivity (Wildman–Crippen MR) is 89.8 cm³/mol. The maximum absolute atomic E-state index is 11.3. The summed E-state index contributed by atoms with van der Waals surface area (Å²) in [4.78, 5) is 11.3. The Balaban J connectivity index is 3.08. The topological polar surface area (TPSA) is 46.5 Å². The van der Waals surface area contributed by atoms with E-state index >= 15 is 0 Å². The first-order chi connectivity index (χ1) is 9.58. The van der Waals surface area contributed by atoms with E-state index in [2.05, 4.69) is 40.8 Å². The van der Waals surface area contributed by atoms with Crippen LogP contribution in [0, 0.1) is 0 Å². The first kappa shape index (κ1) is 17.8. The van der Waals surface area contributed by atoms with Crippen LogP contribution < -0.4 is 4.43 Å². The van der Waals surface area contributed by atoms with Gasteiger partial charge in [0.25, 0.3) is 0 Å². The van der Waals surface area contributed by atoms with Gasteiger partial charge in [0.15, 0.2) is 0 Å². The summed E-state index contributed by atoms with van der Waals surface area (Å²) < 4.78 is 6.27. The number of hydrogen-bond donors (Lipinski definition) is 1. The van der Waals surface area contributed by atoms with Crippen molar-refractivity contribution in [2.24, 2.45) is 0 Å². The maximum atomic E-state index is 11.3. The van der Waals surface area contributed by atoms with Crippen molar-refractivity contribution in [3.05, 3.63) is 29.3 Å². The van der Waals surface area contributed by atoms with Crippen LogP contribution in [0.2, 0.25) is 18.1 Å². The standard InChI is InChI=1S/C17H28O3Si/c1-7-8-9-13-12-14(10-11-15(13)16(18)19)20-21(5,6)17(2,3)4/h10-12H,7-9H2,1-6H3,(H,18,19). The number of hydrogen-bond acceptors (Lipinski definition) is 2. The van der Waals surface area contributed by atoms with Crippen molar-refractivity contribution >= 4 is 14.3 Å². The van der Waals surface area contributed by atoms with Crippen molar-refractivity contribution in [1.29, 1.82) is 0 Å². The Morgan fingerprint density at radius 2 is 1.90 bits per heavy atom. The summed E-state index contributed by atoms with van der Waals surface area (Å²) in [6.07, 6.45) is 2.82. The number of aryl methyl sites for hydroxylation is 1. The molecule has 0 saturated heterocycles. The average Bonchev–Trinajstić information content (AvgIpc) is 2.34. The highest BCUT2D eigenvalue weighted by Gasteiger charge is 2.39. The Labute approximate surface area is 129 Å². The molecular formula is C17H28O3Si. The smallest absolute Gasteiger partial charge is 0.335 e. The molecule has 21 heavy (non-hydrogen) atoms. The Hall–Kier alpha value is -1.29. The molecule has 1 N–H and O–H groups in total. The van der Waals surface area contributed by atoms with Gasteiger partial charge >= 0.3 is 5.97 Å². The fourth-order valence-electron chi connectivity index (χ4n) is 1.86. The largest absolute Gasteiger partial charge is 0.543 e. The number of carbonyl (C=O) groups is 1. The van der Waals surface area contributed by atoms with E-state index in [-0.39, 0.29) is 5.04 Å². The molecule has 4 heteroatoms. The van der Waals surface area contributed by atoms with Crippen LogP contribution in [0.1, 0.15) is 56.5 Å². The molecule has 0 aliphatic carbocycles. The summed E-state index contributed by atoms with van der Waals surface area (Å²) in [7, 11) is -1.89. The van der Waals surface area contributed by atoms with E-state index in [1.165, 1.54) is 0 Å². The second-order valence-electron chi connectivity index (χ2n) is 7.09. The molecular weight excluding hydrogens is 280 g/mol. The van der Waals surface area contributed by atoms with E-state index in [0.717, 1.165) is 30.6 Å². The molecule has 118 valence electrons. The number of rotatable bonds is 6. The SMILES string of the molecule is CCCCc1cc(O[Si](C)(C)C(C)(C)C)ccc1C(=O)O. The molecule has 0 fully saturated rings. The Kier molecular flexibility index (Phi) is 5.62. The van der Waals surface area contributed by atoms with Gasteiger partial charge in [-0.3, -0.25) is 0 Å². The van der Waals surface area contributed by atoms with Crippen LogP contribution in [0.25, 0.3) is 0 Å². The van der Waals surface area contributed by atoms with Gasteiger partial charge in [0.2, 0.25) is 8.32 Å². The molecule has 0 saturated carbocycles. The zero-order valence-electron chi connectivity index (χ0n) is 14.1. The molecule has 0 atom stereocenters. The lowest BCUT2D eigenvalue weighted by atomic mass is 10.0. The van der Waals surface area contributed by atoms with Gasteiger partial charge in [0.05, 0.1) is 5.56 Å². The van der Waals surface area contributed by atoms with Gasteiger partial charge in [-0.05, 0) is 54.7 Å². The number of carboxylic acids is 1. The highest BCUT2D eigenvalue weighted by atomic mass is 28.4. The van der Waals surface area contributed by atoms with E-state index in [4.69, 9.17) is 4.43 Å². The van der Waals surface area contributed by atoms with E-state index in [9.17, 15) is 9.90 Å². The molecule has 1 rings (SSSR count). The highest BCUT2D eigenvalue weighted by molar-refractivity contribution is 6.74. The molecule has 0 spiro atoms. The number of benzene rings is 1. The molecule has 0 heterocycles. The zero-order valence-corrected chi connectivity index (χ0v) is 15.1. The van der Waals surface area contributed by atoms with Gasteiger partial charge < -0.3 is 9.53 Å². The summed E-state index contributed by atoms with van der Waals surface area (Å²) in [5.74, 6) is -0.0577. The Morgan fingerprint density at radius 1 is 1.29 bits per heavy atom. The Morgan fingerprint density at radius 3 is 2.38 bits per heavy atom. The lowest BCUT2D eigenvalue weighted by Crippen LogP contribution is -2.43. The van der Waals surface area contributed by atoms with Crippen molar-refractivity contribution in [3.8, 4) is 5.75 Å². The van der Waals surface area contributed by atoms with Crippen LogP contribution in [-0.4, -0.2) is 19.4 Å². The minimum absolute atomic E-state index is 0.127. The lowest BCUT2D eigenvalue weighted by Gasteiger charge is -2.36. The van der Waals surface area contributed by atoms with Crippen molar-refractivity contribution < 1.29 is 14.3 Å². The molecule has 0 unspecified atom stereocenters. The summed E-state index contributed by atoms with van der Waals surface area (Å²) in [5, 5.41) is 9.41. The second-order valence-corrected chi connectivity index (χ2v) is 11.8.